The number of carbonyl (C=O) groups excluding carboxylic acids is 3. The Morgan fingerprint density at radius 1 is 0.887 bits per heavy atom. The average molecular weight is 743 g/mol. The van der Waals surface area contributed by atoms with Crippen LogP contribution in [0.1, 0.15) is 29.2 Å². The first-order valence-electron chi connectivity index (χ1n) is 18.0. The number of anilines is 2. The highest BCUT2D eigenvalue weighted by atomic mass is 32.1. The summed E-state index contributed by atoms with van der Waals surface area (Å²) in [5.41, 5.74) is 5.95. The molecule has 3 aromatic carbocycles. The van der Waals surface area contributed by atoms with Crippen LogP contribution in [-0.2, 0) is 35.1 Å². The number of hydrogen-bond acceptors (Lipinski definition) is 10. The van der Waals surface area contributed by atoms with E-state index in [1.54, 1.807) is 11.6 Å². The molecule has 0 radical (unpaired) electrons. The Bertz CT molecular complexity index is 1700. The van der Waals surface area contributed by atoms with Gasteiger partial charge in [0.25, 0.3) is 5.91 Å². The van der Waals surface area contributed by atoms with Gasteiger partial charge in [-0.25, -0.2) is 4.98 Å². The molecule has 0 aliphatic carbocycles. The van der Waals surface area contributed by atoms with E-state index in [2.05, 4.69) is 56.9 Å². The molecule has 1 aromatic heterocycles. The number of nitrogens with zero attached hydrogens (tertiary/aromatic N) is 4. The molecule has 4 aromatic rings. The topological polar surface area (TPSA) is 126 Å². The molecule has 2 heterocycles. The van der Waals surface area contributed by atoms with E-state index in [1.165, 1.54) is 16.2 Å². The van der Waals surface area contributed by atoms with Gasteiger partial charge in [-0.1, -0.05) is 60.7 Å². The number of amides is 3. The normalized spacial score (nSPS) is 13.5. The number of thiazole rings is 1. The van der Waals surface area contributed by atoms with E-state index in [0.29, 0.717) is 64.3 Å². The highest BCUT2D eigenvalue weighted by Gasteiger charge is 2.28. The van der Waals surface area contributed by atoms with Crippen LogP contribution in [-0.4, -0.2) is 112 Å². The second-order valence-corrected chi connectivity index (χ2v) is 13.6. The second kappa shape index (κ2) is 21.1. The molecule has 1 aliphatic rings. The Morgan fingerprint density at radius 2 is 1.57 bits per heavy atom. The Labute approximate surface area is 316 Å². The molecule has 282 valence electrons. The predicted molar refractivity (Wildman–Crippen MR) is 208 cm³/mol. The van der Waals surface area contributed by atoms with Gasteiger partial charge in [0.15, 0.2) is 5.13 Å². The molecule has 13 heteroatoms. The third-order valence-electron chi connectivity index (χ3n) is 9.09. The summed E-state index contributed by atoms with van der Waals surface area (Å²) in [6.07, 6.45) is 2.73. The van der Waals surface area contributed by atoms with E-state index in [-0.39, 0.29) is 18.4 Å². The number of piperazine rings is 1. The summed E-state index contributed by atoms with van der Waals surface area (Å²) in [5, 5.41) is 8.16. The SMILES string of the molecule is CNCCOCCOCCOCCC(=O)N1CCN(c2ccc(-c3ccc(CN(C=O)C(C(=O)Nc4nccs4)c4ccccc4)c(C)c3)cc2)CC1. The maximum Gasteiger partial charge on any atom is 0.253 e. The smallest absolute Gasteiger partial charge is 0.253 e. The molecular formula is C40H50N6O6S. The number of ether oxygens (including phenoxy) is 3. The van der Waals surface area contributed by atoms with Gasteiger partial charge in [0.1, 0.15) is 6.04 Å². The third kappa shape index (κ3) is 11.9. The first kappa shape index (κ1) is 39.5. The van der Waals surface area contributed by atoms with Crippen molar-refractivity contribution in [3.8, 4) is 11.1 Å². The predicted octanol–water partition coefficient (Wildman–Crippen LogP) is 4.76. The minimum atomic E-state index is -0.821. The van der Waals surface area contributed by atoms with Crippen LogP contribution in [0.2, 0.25) is 0 Å². The van der Waals surface area contributed by atoms with Crippen LogP contribution in [0.15, 0.2) is 84.4 Å². The lowest BCUT2D eigenvalue weighted by Crippen LogP contribution is -2.49. The first-order chi connectivity index (χ1) is 26.0. The van der Waals surface area contributed by atoms with Crippen molar-refractivity contribution in [3.05, 3.63) is 101 Å². The van der Waals surface area contributed by atoms with Crippen LogP contribution in [0.5, 0.6) is 0 Å². The fraction of sp³-hybridized carbons (Fsp3) is 0.400. The van der Waals surface area contributed by atoms with Crippen molar-refractivity contribution in [2.75, 3.05) is 89.6 Å². The molecule has 0 saturated carbocycles. The molecular weight excluding hydrogens is 693 g/mol. The second-order valence-electron chi connectivity index (χ2n) is 12.7. The van der Waals surface area contributed by atoms with Crippen molar-refractivity contribution < 1.29 is 28.6 Å². The summed E-state index contributed by atoms with van der Waals surface area (Å²) in [6, 6.07) is 23.2. The number of aromatic nitrogens is 1. The number of carbonyl (C=O) groups is 3. The number of likely N-dealkylation sites (N-methyl/N-ethyl adjacent to an activating group) is 1. The van der Waals surface area contributed by atoms with Crippen molar-refractivity contribution in [2.45, 2.75) is 25.9 Å². The van der Waals surface area contributed by atoms with Gasteiger partial charge in [0.05, 0.1) is 46.1 Å². The van der Waals surface area contributed by atoms with Crippen molar-refractivity contribution in [1.29, 1.82) is 0 Å². The average Bonchev–Trinajstić information content (AvgIpc) is 3.71. The number of benzene rings is 3. The lowest BCUT2D eigenvalue weighted by Gasteiger charge is -2.36. The molecule has 0 spiro atoms. The fourth-order valence-electron chi connectivity index (χ4n) is 6.14. The fourth-order valence-corrected chi connectivity index (χ4v) is 6.67. The van der Waals surface area contributed by atoms with Gasteiger partial charge in [0, 0.05) is 56.5 Å². The van der Waals surface area contributed by atoms with Gasteiger partial charge in [-0.15, -0.1) is 11.3 Å². The maximum atomic E-state index is 13.4. The van der Waals surface area contributed by atoms with Crippen LogP contribution in [0.4, 0.5) is 10.8 Å². The lowest BCUT2D eigenvalue weighted by atomic mass is 9.98. The van der Waals surface area contributed by atoms with Crippen LogP contribution >= 0.6 is 11.3 Å². The molecule has 1 atom stereocenters. The van der Waals surface area contributed by atoms with E-state index in [4.69, 9.17) is 14.2 Å². The zero-order valence-corrected chi connectivity index (χ0v) is 31.4. The standard InChI is InChI=1S/C40H50N6O6S/c1-31-28-34(8-9-35(31)29-46(30-47)38(33-6-4-3-5-7-33)39(49)43-40-42-16-27-53-40)32-10-12-36(13-11-32)44-17-19-45(20-18-44)37(48)14-21-50-23-25-52-26-24-51-22-15-41-2/h3-13,16,27-28,30,38,41H,14-15,17-26,29H2,1-2H3,(H,42,43,49). The Morgan fingerprint density at radius 3 is 2.21 bits per heavy atom. The van der Waals surface area contributed by atoms with E-state index in [9.17, 15) is 14.4 Å². The van der Waals surface area contributed by atoms with E-state index < -0.39 is 6.04 Å². The largest absolute Gasteiger partial charge is 0.379 e. The zero-order chi connectivity index (χ0) is 37.3. The molecule has 3 amide bonds. The summed E-state index contributed by atoms with van der Waals surface area (Å²) in [6.45, 7) is 9.08. The maximum absolute atomic E-state index is 13.4. The summed E-state index contributed by atoms with van der Waals surface area (Å²) >= 11 is 1.33. The summed E-state index contributed by atoms with van der Waals surface area (Å²) in [4.78, 5) is 48.6. The van der Waals surface area contributed by atoms with Crippen LogP contribution < -0.4 is 15.5 Å². The number of nitrogens with one attached hydrogen (secondary N) is 2. The number of hydrogen-bond donors (Lipinski definition) is 2. The van der Waals surface area contributed by atoms with Crippen LogP contribution in [0.25, 0.3) is 11.1 Å². The van der Waals surface area contributed by atoms with E-state index in [0.717, 1.165) is 59.5 Å². The van der Waals surface area contributed by atoms with Crippen LogP contribution in [0.3, 0.4) is 0 Å². The molecule has 1 aliphatic heterocycles. The number of aryl methyl sites for hydroxylation is 1. The Hall–Kier alpha value is -4.66. The van der Waals surface area contributed by atoms with Crippen molar-refractivity contribution in [3.63, 3.8) is 0 Å². The van der Waals surface area contributed by atoms with Gasteiger partial charge >= 0.3 is 0 Å². The van der Waals surface area contributed by atoms with Gasteiger partial charge in [-0.05, 0) is 53.9 Å². The van der Waals surface area contributed by atoms with Gasteiger partial charge in [0.2, 0.25) is 12.3 Å². The Balaban J connectivity index is 1.08. The number of rotatable bonds is 21. The van der Waals surface area contributed by atoms with E-state index >= 15 is 0 Å². The molecule has 0 bridgehead atoms. The molecule has 53 heavy (non-hydrogen) atoms. The molecule has 5 rings (SSSR count). The third-order valence-corrected chi connectivity index (χ3v) is 9.78. The summed E-state index contributed by atoms with van der Waals surface area (Å²) in [5.74, 6) is -0.204. The molecule has 1 saturated heterocycles. The lowest BCUT2D eigenvalue weighted by molar-refractivity contribution is -0.132. The highest BCUT2D eigenvalue weighted by Crippen LogP contribution is 2.29. The quantitative estimate of drug-likeness (QED) is 0.0919. The first-order valence-corrected chi connectivity index (χ1v) is 18.9. The van der Waals surface area contributed by atoms with E-state index in [1.807, 2.05) is 55.3 Å². The molecule has 12 nitrogen and oxygen atoms in total. The zero-order valence-electron chi connectivity index (χ0n) is 30.6. The molecule has 2 N–H and O–H groups in total. The van der Waals surface area contributed by atoms with Gasteiger partial charge in [-0.3, -0.25) is 19.7 Å². The van der Waals surface area contributed by atoms with Gasteiger partial charge in [-0.2, -0.15) is 0 Å². The molecule has 1 unspecified atom stereocenters. The Kier molecular flexibility index (Phi) is 15.8. The summed E-state index contributed by atoms with van der Waals surface area (Å²) < 4.78 is 16.5. The van der Waals surface area contributed by atoms with Crippen molar-refractivity contribution in [1.82, 2.24) is 20.1 Å². The van der Waals surface area contributed by atoms with Crippen molar-refractivity contribution >= 4 is 40.4 Å². The minimum absolute atomic E-state index is 0.114. The molecule has 1 fully saturated rings. The summed E-state index contributed by atoms with van der Waals surface area (Å²) in [7, 11) is 1.89. The van der Waals surface area contributed by atoms with Crippen LogP contribution in [0, 0.1) is 6.92 Å². The monoisotopic (exact) mass is 742 g/mol. The van der Waals surface area contributed by atoms with Crippen molar-refractivity contribution in [2.24, 2.45) is 0 Å². The minimum Gasteiger partial charge on any atom is -0.379 e. The van der Waals surface area contributed by atoms with Gasteiger partial charge < -0.3 is 34.2 Å². The highest BCUT2D eigenvalue weighted by molar-refractivity contribution is 7.13.